The number of carbonyl (C=O) groups excluding carboxylic acids is 2. The van der Waals surface area contributed by atoms with E-state index in [2.05, 4.69) is 19.2 Å². The Morgan fingerprint density at radius 1 is 1.40 bits per heavy atom. The van der Waals surface area contributed by atoms with Crippen LogP contribution >= 0.6 is 0 Å². The van der Waals surface area contributed by atoms with Gasteiger partial charge in [-0.25, -0.2) is 0 Å². The number of nitrogens with zero attached hydrogens (tertiary/aromatic N) is 1. The summed E-state index contributed by atoms with van der Waals surface area (Å²) in [5, 5.41) is 3.30. The lowest BCUT2D eigenvalue weighted by Gasteiger charge is -2.19. The topological polar surface area (TPSA) is 49.4 Å². The second-order valence-electron chi connectivity index (χ2n) is 5.01. The van der Waals surface area contributed by atoms with E-state index in [1.807, 2.05) is 0 Å². The van der Waals surface area contributed by atoms with Crippen LogP contribution in [0.15, 0.2) is 0 Å². The lowest BCUT2D eigenvalue weighted by molar-refractivity contribution is -0.138. The van der Waals surface area contributed by atoms with Gasteiger partial charge < -0.3 is 5.32 Å². The van der Waals surface area contributed by atoms with Gasteiger partial charge in [0.15, 0.2) is 0 Å². The Morgan fingerprint density at radius 3 is 2.67 bits per heavy atom. The summed E-state index contributed by atoms with van der Waals surface area (Å²) in [7, 11) is 1.59. The molecule has 3 atom stereocenters. The number of hydrogen-bond acceptors (Lipinski definition) is 3. The Hall–Kier alpha value is -0.900. The Labute approximate surface area is 90.0 Å². The molecule has 1 N–H and O–H groups in total. The summed E-state index contributed by atoms with van der Waals surface area (Å²) in [5.41, 5.74) is 0. The largest absolute Gasteiger partial charge is 0.312 e. The number of hydrogen-bond donors (Lipinski definition) is 1. The molecule has 2 aliphatic heterocycles. The van der Waals surface area contributed by atoms with Crippen molar-refractivity contribution in [3.8, 4) is 0 Å². The third-order valence-electron chi connectivity index (χ3n) is 3.46. The van der Waals surface area contributed by atoms with E-state index in [0.29, 0.717) is 12.5 Å². The summed E-state index contributed by atoms with van der Waals surface area (Å²) >= 11 is 0. The zero-order valence-corrected chi connectivity index (χ0v) is 9.49. The van der Waals surface area contributed by atoms with Crippen molar-refractivity contribution < 1.29 is 9.59 Å². The first kappa shape index (κ1) is 10.6. The second kappa shape index (κ2) is 3.59. The van der Waals surface area contributed by atoms with Crippen molar-refractivity contribution in [1.82, 2.24) is 10.2 Å². The Balaban J connectivity index is 2.15. The van der Waals surface area contributed by atoms with Crippen molar-refractivity contribution in [2.24, 2.45) is 17.8 Å². The lowest BCUT2D eigenvalue weighted by Crippen LogP contribution is -2.37. The third-order valence-corrected chi connectivity index (χ3v) is 3.46. The number of nitrogens with one attached hydrogen (secondary N) is 1. The van der Waals surface area contributed by atoms with Crippen LogP contribution in [0.5, 0.6) is 0 Å². The molecule has 2 rings (SSSR count). The van der Waals surface area contributed by atoms with Gasteiger partial charge in [0.05, 0.1) is 11.8 Å². The van der Waals surface area contributed by atoms with Gasteiger partial charge in [0.25, 0.3) is 0 Å². The molecule has 0 aromatic carbocycles. The van der Waals surface area contributed by atoms with Crippen LogP contribution in [0, 0.1) is 17.8 Å². The molecule has 0 aromatic heterocycles. The Bertz CT molecular complexity index is 301. The highest BCUT2D eigenvalue weighted by Crippen LogP contribution is 2.34. The number of carbonyl (C=O) groups is 2. The molecule has 2 aliphatic rings. The van der Waals surface area contributed by atoms with E-state index in [-0.39, 0.29) is 29.7 Å². The molecular weight excluding hydrogens is 192 g/mol. The zero-order valence-electron chi connectivity index (χ0n) is 9.49. The van der Waals surface area contributed by atoms with Crippen molar-refractivity contribution in [3.63, 3.8) is 0 Å². The van der Waals surface area contributed by atoms with Gasteiger partial charge >= 0.3 is 0 Å². The van der Waals surface area contributed by atoms with E-state index in [4.69, 9.17) is 0 Å². The molecule has 4 nitrogen and oxygen atoms in total. The quantitative estimate of drug-likeness (QED) is 0.664. The maximum Gasteiger partial charge on any atom is 0.234 e. The average Bonchev–Trinajstić information content (AvgIpc) is 2.64. The fourth-order valence-corrected chi connectivity index (χ4v) is 2.72. The Morgan fingerprint density at radius 2 is 2.07 bits per heavy atom. The van der Waals surface area contributed by atoms with Crippen LogP contribution in [0.25, 0.3) is 0 Å². The predicted octanol–water partition coefficient (Wildman–Crippen LogP) is 0.235. The van der Waals surface area contributed by atoms with Crippen LogP contribution in [-0.2, 0) is 9.59 Å². The van der Waals surface area contributed by atoms with E-state index < -0.39 is 0 Å². The van der Waals surface area contributed by atoms with Gasteiger partial charge in [-0.2, -0.15) is 0 Å². The van der Waals surface area contributed by atoms with E-state index in [1.54, 1.807) is 7.05 Å². The average molecular weight is 210 g/mol. The maximum atomic E-state index is 11.9. The fraction of sp³-hybridized carbons (Fsp3) is 0.818. The first-order valence-electron chi connectivity index (χ1n) is 5.57. The first-order valence-corrected chi connectivity index (χ1v) is 5.57. The van der Waals surface area contributed by atoms with Crippen molar-refractivity contribution in [2.45, 2.75) is 26.3 Å². The van der Waals surface area contributed by atoms with Gasteiger partial charge in [-0.05, 0) is 12.3 Å². The molecule has 2 saturated heterocycles. The molecular formula is C11H18N2O2. The van der Waals surface area contributed by atoms with Crippen LogP contribution in [0.4, 0.5) is 0 Å². The van der Waals surface area contributed by atoms with Gasteiger partial charge in [0, 0.05) is 19.6 Å². The van der Waals surface area contributed by atoms with E-state index in [1.165, 1.54) is 4.90 Å². The molecule has 4 heteroatoms. The number of imide groups is 1. The van der Waals surface area contributed by atoms with Crippen LogP contribution in [0.3, 0.4) is 0 Å². The molecule has 2 heterocycles. The molecule has 0 spiro atoms. The highest BCUT2D eigenvalue weighted by Gasteiger charge is 2.52. The summed E-state index contributed by atoms with van der Waals surface area (Å²) in [6, 6.07) is 0.191. The molecule has 0 bridgehead atoms. The smallest absolute Gasteiger partial charge is 0.234 e. The van der Waals surface area contributed by atoms with Crippen LogP contribution < -0.4 is 5.32 Å². The number of rotatable bonds is 2. The monoisotopic (exact) mass is 210 g/mol. The van der Waals surface area contributed by atoms with Gasteiger partial charge in [-0.3, -0.25) is 14.5 Å². The summed E-state index contributed by atoms with van der Waals surface area (Å²) in [4.78, 5) is 24.8. The van der Waals surface area contributed by atoms with Crippen molar-refractivity contribution >= 4 is 11.8 Å². The minimum absolute atomic E-state index is 0.000602. The third kappa shape index (κ3) is 1.57. The van der Waals surface area contributed by atoms with E-state index >= 15 is 0 Å². The standard InChI is InChI=1S/C11H18N2O2/c1-6(2)4-8-9-7(5-12-8)10(14)13(3)11(9)15/h6-9,12H,4-5H2,1-3H3/t7-,8-,9-/m0/s1. The van der Waals surface area contributed by atoms with Gasteiger partial charge in [0.1, 0.15) is 0 Å². The number of likely N-dealkylation sites (tertiary alicyclic amines) is 1. The second-order valence-corrected chi connectivity index (χ2v) is 5.01. The fourth-order valence-electron chi connectivity index (χ4n) is 2.72. The minimum Gasteiger partial charge on any atom is -0.312 e. The molecule has 2 fully saturated rings. The van der Waals surface area contributed by atoms with Crippen LogP contribution in [-0.4, -0.2) is 36.3 Å². The summed E-state index contributed by atoms with van der Waals surface area (Å²) in [6.45, 7) is 4.94. The van der Waals surface area contributed by atoms with Gasteiger partial charge in [-0.1, -0.05) is 13.8 Å². The van der Waals surface area contributed by atoms with Crippen LogP contribution in [0.2, 0.25) is 0 Å². The lowest BCUT2D eigenvalue weighted by atomic mass is 9.88. The highest BCUT2D eigenvalue weighted by molar-refractivity contribution is 6.05. The molecule has 15 heavy (non-hydrogen) atoms. The van der Waals surface area contributed by atoms with Crippen molar-refractivity contribution in [1.29, 1.82) is 0 Å². The van der Waals surface area contributed by atoms with E-state index in [0.717, 1.165) is 6.42 Å². The normalized spacial score (nSPS) is 35.5. The van der Waals surface area contributed by atoms with Gasteiger partial charge in [0.2, 0.25) is 11.8 Å². The first-order chi connectivity index (χ1) is 7.02. The number of amides is 2. The van der Waals surface area contributed by atoms with E-state index in [9.17, 15) is 9.59 Å². The predicted molar refractivity (Wildman–Crippen MR) is 56.0 cm³/mol. The zero-order chi connectivity index (χ0) is 11.2. The molecule has 84 valence electrons. The van der Waals surface area contributed by atoms with Crippen LogP contribution in [0.1, 0.15) is 20.3 Å². The highest BCUT2D eigenvalue weighted by atomic mass is 16.2. The molecule has 2 amide bonds. The van der Waals surface area contributed by atoms with Crippen molar-refractivity contribution in [3.05, 3.63) is 0 Å². The molecule has 0 unspecified atom stereocenters. The van der Waals surface area contributed by atoms with Crippen molar-refractivity contribution in [2.75, 3.05) is 13.6 Å². The Kier molecular flexibility index (Phi) is 2.54. The summed E-state index contributed by atoms with van der Waals surface area (Å²) in [5.74, 6) is 0.329. The molecule has 0 radical (unpaired) electrons. The SMILES string of the molecule is CC(C)C[C@@H]1NC[C@@H]2C(=O)N(C)C(=O)[C@H]12. The molecule has 0 saturated carbocycles. The molecule has 0 aliphatic carbocycles. The minimum atomic E-state index is -0.107. The van der Waals surface area contributed by atoms with Gasteiger partial charge in [-0.15, -0.1) is 0 Å². The summed E-state index contributed by atoms with van der Waals surface area (Å²) in [6.07, 6.45) is 0.966. The maximum absolute atomic E-state index is 11.9. The molecule has 0 aromatic rings. The summed E-state index contributed by atoms with van der Waals surface area (Å²) < 4.78 is 0. The number of fused-ring (bicyclic) bond motifs is 1.